The van der Waals surface area contributed by atoms with Crippen molar-refractivity contribution in [3.05, 3.63) is 30.1 Å². The molecule has 25 heavy (non-hydrogen) atoms. The number of unbranched alkanes of at least 4 members (excludes halogenated alkanes) is 1. The molecule has 10 nitrogen and oxygen atoms in total. The van der Waals surface area contributed by atoms with Crippen LogP contribution in [0.15, 0.2) is 24.5 Å². The highest BCUT2D eigenvalue weighted by Gasteiger charge is 2.19. The number of rotatable bonds is 10. The van der Waals surface area contributed by atoms with Gasteiger partial charge < -0.3 is 26.2 Å². The van der Waals surface area contributed by atoms with E-state index < -0.39 is 30.6 Å². The molecule has 5 N–H and O–H groups in total. The molecule has 1 heterocycles. The number of hydrogen-bond acceptors (Lipinski definition) is 5. The molecule has 136 valence electrons. The van der Waals surface area contributed by atoms with Gasteiger partial charge in [-0.2, -0.15) is 0 Å². The molecule has 0 saturated heterocycles. The Hall–Kier alpha value is -3.17. The number of carbonyl (C=O) groups is 4. The van der Waals surface area contributed by atoms with Gasteiger partial charge in [0.2, 0.25) is 0 Å². The van der Waals surface area contributed by atoms with Crippen LogP contribution in [0.1, 0.15) is 29.6 Å². The summed E-state index contributed by atoms with van der Waals surface area (Å²) in [4.78, 5) is 48.4. The zero-order valence-electron chi connectivity index (χ0n) is 13.4. The summed E-state index contributed by atoms with van der Waals surface area (Å²) in [6.45, 7) is -0.246. The van der Waals surface area contributed by atoms with E-state index in [1.54, 1.807) is 18.3 Å². The Labute approximate surface area is 143 Å². The van der Waals surface area contributed by atoms with Crippen molar-refractivity contribution in [1.29, 1.82) is 0 Å². The number of urea groups is 1. The topological polar surface area (TPSA) is 158 Å². The van der Waals surface area contributed by atoms with Gasteiger partial charge in [0.1, 0.15) is 12.6 Å². The van der Waals surface area contributed by atoms with Gasteiger partial charge in [0, 0.05) is 18.9 Å². The number of pyridine rings is 1. The zero-order chi connectivity index (χ0) is 18.7. The second-order valence-electron chi connectivity index (χ2n) is 5.10. The number of hydrogen-bond donors (Lipinski definition) is 5. The Morgan fingerprint density at radius 2 is 1.88 bits per heavy atom. The molecule has 0 aliphatic heterocycles. The molecule has 0 saturated carbocycles. The first-order valence-corrected chi connectivity index (χ1v) is 7.57. The fourth-order valence-electron chi connectivity index (χ4n) is 1.90. The molecule has 1 aromatic rings. The summed E-state index contributed by atoms with van der Waals surface area (Å²) in [7, 11) is 0. The van der Waals surface area contributed by atoms with Gasteiger partial charge in [0.25, 0.3) is 5.91 Å². The van der Waals surface area contributed by atoms with E-state index in [1.165, 1.54) is 6.20 Å². The van der Waals surface area contributed by atoms with E-state index in [0.717, 1.165) is 0 Å². The van der Waals surface area contributed by atoms with Crippen molar-refractivity contribution in [2.45, 2.75) is 25.3 Å². The van der Waals surface area contributed by atoms with Gasteiger partial charge >= 0.3 is 18.0 Å². The van der Waals surface area contributed by atoms with Crippen molar-refractivity contribution in [3.8, 4) is 0 Å². The quantitative estimate of drug-likeness (QED) is 0.365. The predicted molar refractivity (Wildman–Crippen MR) is 86.0 cm³/mol. The zero-order valence-corrected chi connectivity index (χ0v) is 13.4. The third kappa shape index (κ3) is 8.30. The largest absolute Gasteiger partial charge is 0.480 e. The molecule has 0 aliphatic rings. The van der Waals surface area contributed by atoms with Crippen LogP contribution in [0.2, 0.25) is 0 Å². The summed E-state index contributed by atoms with van der Waals surface area (Å²) in [6.07, 6.45) is 4.12. The third-order valence-electron chi connectivity index (χ3n) is 3.13. The normalized spacial score (nSPS) is 11.2. The number of aromatic nitrogens is 1. The first-order chi connectivity index (χ1) is 11.9. The predicted octanol–water partition coefficient (Wildman–Crippen LogP) is -0.181. The molecule has 0 radical (unpaired) electrons. The minimum absolute atomic E-state index is 0.151. The van der Waals surface area contributed by atoms with Crippen LogP contribution in [0, 0.1) is 0 Å². The Bertz CT molecular complexity index is 607. The maximum absolute atomic E-state index is 11.8. The number of nitrogens with one attached hydrogen (secondary N) is 3. The van der Waals surface area contributed by atoms with Gasteiger partial charge in [-0.3, -0.25) is 14.6 Å². The highest BCUT2D eigenvalue weighted by Crippen LogP contribution is 2.02. The standard InChI is InChI=1S/C15H20N4O6/c20-12(21)9-18-15(25)19-11(14(23)24)5-1-2-7-17-13(22)10-4-3-6-16-8-10/h3-4,6,8,11H,1-2,5,7,9H2,(H,17,22)(H,20,21)(H,23,24)(H2,18,19,25). The van der Waals surface area contributed by atoms with E-state index in [-0.39, 0.29) is 12.3 Å². The molecular weight excluding hydrogens is 332 g/mol. The van der Waals surface area contributed by atoms with E-state index in [0.29, 0.717) is 24.9 Å². The number of aliphatic carboxylic acids is 2. The Morgan fingerprint density at radius 3 is 2.48 bits per heavy atom. The number of carboxylic acids is 2. The van der Waals surface area contributed by atoms with Crippen molar-refractivity contribution in [3.63, 3.8) is 0 Å². The smallest absolute Gasteiger partial charge is 0.326 e. The molecule has 0 fully saturated rings. The minimum atomic E-state index is -1.23. The van der Waals surface area contributed by atoms with Crippen molar-refractivity contribution < 1.29 is 29.4 Å². The Kier molecular flexibility index (Phi) is 8.41. The van der Waals surface area contributed by atoms with Crippen LogP contribution >= 0.6 is 0 Å². The molecule has 1 atom stereocenters. The van der Waals surface area contributed by atoms with Crippen molar-refractivity contribution in [2.75, 3.05) is 13.1 Å². The average Bonchev–Trinajstić information content (AvgIpc) is 2.59. The summed E-state index contributed by atoms with van der Waals surface area (Å²) in [5.41, 5.74) is 0.433. The lowest BCUT2D eigenvalue weighted by Gasteiger charge is -2.14. The van der Waals surface area contributed by atoms with Gasteiger partial charge in [0.05, 0.1) is 5.56 Å². The summed E-state index contributed by atoms with van der Waals surface area (Å²) in [5, 5.41) is 24.4. The van der Waals surface area contributed by atoms with Gasteiger partial charge in [-0.1, -0.05) is 0 Å². The van der Waals surface area contributed by atoms with Crippen LogP contribution in [-0.4, -0.2) is 58.2 Å². The summed E-state index contributed by atoms with van der Waals surface area (Å²) in [5.74, 6) is -2.72. The van der Waals surface area contributed by atoms with E-state index >= 15 is 0 Å². The number of carbonyl (C=O) groups excluding carboxylic acids is 2. The van der Waals surface area contributed by atoms with Gasteiger partial charge in [-0.15, -0.1) is 0 Å². The molecule has 10 heteroatoms. The van der Waals surface area contributed by atoms with Crippen LogP contribution < -0.4 is 16.0 Å². The molecule has 3 amide bonds. The van der Waals surface area contributed by atoms with Crippen LogP contribution in [0.4, 0.5) is 4.79 Å². The molecule has 1 unspecified atom stereocenters. The van der Waals surface area contributed by atoms with Crippen LogP contribution in [0.25, 0.3) is 0 Å². The molecule has 0 aromatic carbocycles. The van der Waals surface area contributed by atoms with Crippen molar-refractivity contribution in [2.24, 2.45) is 0 Å². The SMILES string of the molecule is O=C(O)CNC(=O)NC(CCCCNC(=O)c1cccnc1)C(=O)O. The monoisotopic (exact) mass is 352 g/mol. The minimum Gasteiger partial charge on any atom is -0.480 e. The molecule has 1 aromatic heterocycles. The fourth-order valence-corrected chi connectivity index (χ4v) is 1.90. The van der Waals surface area contributed by atoms with Gasteiger partial charge in [0.15, 0.2) is 0 Å². The first kappa shape index (κ1) is 19.9. The molecule has 0 bridgehead atoms. The Morgan fingerprint density at radius 1 is 1.12 bits per heavy atom. The summed E-state index contributed by atoms with van der Waals surface area (Å²) < 4.78 is 0. The van der Waals surface area contributed by atoms with E-state index in [2.05, 4.69) is 15.6 Å². The second kappa shape index (κ2) is 10.6. The van der Waals surface area contributed by atoms with Crippen LogP contribution in [0.3, 0.4) is 0 Å². The lowest BCUT2D eigenvalue weighted by atomic mass is 10.1. The lowest BCUT2D eigenvalue weighted by Crippen LogP contribution is -2.47. The summed E-state index contributed by atoms with van der Waals surface area (Å²) >= 11 is 0. The Balaban J connectivity index is 2.26. The fraction of sp³-hybridized carbons (Fsp3) is 0.400. The average molecular weight is 352 g/mol. The first-order valence-electron chi connectivity index (χ1n) is 7.57. The van der Waals surface area contributed by atoms with E-state index in [4.69, 9.17) is 10.2 Å². The maximum atomic E-state index is 11.8. The third-order valence-corrected chi connectivity index (χ3v) is 3.13. The highest BCUT2D eigenvalue weighted by atomic mass is 16.4. The maximum Gasteiger partial charge on any atom is 0.326 e. The van der Waals surface area contributed by atoms with Crippen molar-refractivity contribution in [1.82, 2.24) is 20.9 Å². The number of amides is 3. The summed E-state index contributed by atoms with van der Waals surface area (Å²) in [6, 6.07) is 1.28. The number of nitrogens with zero attached hydrogens (tertiary/aromatic N) is 1. The lowest BCUT2D eigenvalue weighted by molar-refractivity contribution is -0.139. The molecule has 0 aliphatic carbocycles. The molecular formula is C15H20N4O6. The van der Waals surface area contributed by atoms with Crippen LogP contribution in [-0.2, 0) is 9.59 Å². The molecule has 0 spiro atoms. The van der Waals surface area contributed by atoms with Gasteiger partial charge in [-0.05, 0) is 31.4 Å². The second-order valence-corrected chi connectivity index (χ2v) is 5.10. The van der Waals surface area contributed by atoms with Crippen molar-refractivity contribution >= 4 is 23.9 Å². The molecule has 1 rings (SSSR count). The number of carboxylic acid groups (broad SMARTS) is 2. The van der Waals surface area contributed by atoms with E-state index in [9.17, 15) is 19.2 Å². The van der Waals surface area contributed by atoms with Crippen LogP contribution in [0.5, 0.6) is 0 Å². The highest BCUT2D eigenvalue weighted by molar-refractivity contribution is 5.93. The van der Waals surface area contributed by atoms with E-state index in [1.807, 2.05) is 5.32 Å². The van der Waals surface area contributed by atoms with Gasteiger partial charge in [-0.25, -0.2) is 9.59 Å².